The fourth-order valence-corrected chi connectivity index (χ4v) is 9.46. The van der Waals surface area contributed by atoms with Gasteiger partial charge in [-0.2, -0.15) is 0 Å². The Morgan fingerprint density at radius 2 is 1.17 bits per heavy atom. The molecule has 1 fully saturated rings. The second-order valence-electron chi connectivity index (χ2n) is 8.77. The molecule has 1 heterocycles. The van der Waals surface area contributed by atoms with Crippen molar-refractivity contribution in [2.45, 2.75) is 61.5 Å². The average Bonchev–Trinajstić information content (AvgIpc) is 2.62. The van der Waals surface area contributed by atoms with Crippen LogP contribution in [-0.4, -0.2) is 21.3 Å². The minimum absolute atomic E-state index is 0.00632. The molecular formula is C27H36O2Si. The van der Waals surface area contributed by atoms with Gasteiger partial charge >= 0.3 is 8.56 Å². The lowest BCUT2D eigenvalue weighted by Gasteiger charge is -2.44. The largest absolute Gasteiger partial charge is 0.408 e. The Labute approximate surface area is 183 Å². The van der Waals surface area contributed by atoms with Crippen molar-refractivity contribution in [1.82, 2.24) is 0 Å². The average molecular weight is 421 g/mol. The normalized spacial score (nSPS) is 21.6. The Bertz CT molecular complexity index is 883. The first kappa shape index (κ1) is 22.7. The number of hydrogen-bond donors (Lipinski definition) is 0. The summed E-state index contributed by atoms with van der Waals surface area (Å²) in [5.74, 6) is 0.226. The fraction of sp³-hybridized carbons (Fsp3) is 0.407. The van der Waals surface area contributed by atoms with E-state index in [1.54, 1.807) is 0 Å². The Kier molecular flexibility index (Phi) is 6.86. The molecule has 2 aromatic rings. The highest BCUT2D eigenvalue weighted by atomic mass is 28.4. The number of rotatable bonds is 4. The van der Waals surface area contributed by atoms with E-state index in [2.05, 4.69) is 104 Å². The molecule has 2 nitrogen and oxygen atoms in total. The third-order valence-electron chi connectivity index (χ3n) is 6.04. The maximum atomic E-state index is 7.13. The zero-order valence-corrected chi connectivity index (χ0v) is 20.8. The molecule has 1 saturated heterocycles. The summed E-state index contributed by atoms with van der Waals surface area (Å²) in [5, 5.41) is 2.55. The third-order valence-corrected chi connectivity index (χ3v) is 10.1. The highest BCUT2D eigenvalue weighted by molar-refractivity contribution is 6.94. The van der Waals surface area contributed by atoms with Crippen molar-refractivity contribution >= 4 is 18.9 Å². The van der Waals surface area contributed by atoms with Crippen LogP contribution in [0.15, 0.2) is 48.6 Å². The third kappa shape index (κ3) is 4.11. The molecule has 3 rings (SSSR count). The summed E-state index contributed by atoms with van der Waals surface area (Å²) in [6, 6.07) is 9.08. The number of allylic oxidation sites excluding steroid dienone is 2. The summed E-state index contributed by atoms with van der Waals surface area (Å²) in [4.78, 5) is 0. The first-order valence-electron chi connectivity index (χ1n) is 11.0. The number of hydrogen-bond acceptors (Lipinski definition) is 2. The van der Waals surface area contributed by atoms with Gasteiger partial charge in [-0.1, -0.05) is 59.7 Å². The van der Waals surface area contributed by atoms with E-state index in [1.807, 2.05) is 0 Å². The van der Waals surface area contributed by atoms with Crippen LogP contribution in [0.5, 0.6) is 0 Å². The van der Waals surface area contributed by atoms with Crippen molar-refractivity contribution in [3.8, 4) is 0 Å². The molecule has 160 valence electrons. The van der Waals surface area contributed by atoms with Gasteiger partial charge in [0.2, 0.25) is 0 Å². The Morgan fingerprint density at radius 1 is 0.733 bits per heavy atom. The first-order chi connectivity index (χ1) is 14.2. The van der Waals surface area contributed by atoms with Crippen molar-refractivity contribution in [1.29, 1.82) is 0 Å². The monoisotopic (exact) mass is 420 g/mol. The van der Waals surface area contributed by atoms with Crippen molar-refractivity contribution in [2.24, 2.45) is 5.92 Å². The van der Waals surface area contributed by atoms with Gasteiger partial charge in [0.25, 0.3) is 0 Å². The molecule has 0 amide bonds. The molecule has 0 aromatic heterocycles. The summed E-state index contributed by atoms with van der Waals surface area (Å²) in [5.41, 5.74) is 7.62. The molecular weight excluding hydrogens is 384 g/mol. The van der Waals surface area contributed by atoms with E-state index in [0.29, 0.717) is 6.61 Å². The molecule has 0 saturated carbocycles. The predicted octanol–water partition coefficient (Wildman–Crippen LogP) is 5.28. The van der Waals surface area contributed by atoms with Crippen molar-refractivity contribution in [3.05, 3.63) is 82.0 Å². The maximum Gasteiger partial charge on any atom is 0.408 e. The second kappa shape index (κ2) is 9.05. The summed E-state index contributed by atoms with van der Waals surface area (Å²) in [6.07, 6.45) is 8.63. The van der Waals surface area contributed by atoms with Gasteiger partial charge < -0.3 is 8.85 Å². The quantitative estimate of drug-likeness (QED) is 0.495. The summed E-state index contributed by atoms with van der Waals surface area (Å²) >= 11 is 0. The Hall–Kier alpha value is -1.94. The lowest BCUT2D eigenvalue weighted by Crippen LogP contribution is -2.70. The number of benzene rings is 2. The van der Waals surface area contributed by atoms with E-state index in [-0.39, 0.29) is 12.0 Å². The molecule has 1 aliphatic heterocycles. The van der Waals surface area contributed by atoms with E-state index < -0.39 is 8.56 Å². The molecule has 1 aliphatic rings. The smallest absolute Gasteiger partial charge is 0.387 e. The topological polar surface area (TPSA) is 18.5 Å². The summed E-state index contributed by atoms with van der Waals surface area (Å²) < 4.78 is 14.0. The van der Waals surface area contributed by atoms with Gasteiger partial charge in [-0.05, 0) is 77.6 Å². The van der Waals surface area contributed by atoms with E-state index in [1.165, 1.54) is 43.8 Å². The SMILES string of the molecule is C/C=C\C1O[Si](c2c(C)cc(C)cc2C)(c2c(C)cc(C)cc2C)OCC1/C=C/C. The highest BCUT2D eigenvalue weighted by Gasteiger charge is 2.52. The van der Waals surface area contributed by atoms with Crippen molar-refractivity contribution < 1.29 is 8.85 Å². The summed E-state index contributed by atoms with van der Waals surface area (Å²) in [6.45, 7) is 18.0. The van der Waals surface area contributed by atoms with Gasteiger partial charge in [-0.3, -0.25) is 0 Å². The zero-order chi connectivity index (χ0) is 22.1. The molecule has 2 aromatic carbocycles. The Morgan fingerprint density at radius 3 is 1.57 bits per heavy atom. The van der Waals surface area contributed by atoms with Crippen LogP contribution in [0.4, 0.5) is 0 Å². The van der Waals surface area contributed by atoms with Crippen LogP contribution in [-0.2, 0) is 8.85 Å². The van der Waals surface area contributed by atoms with Crippen LogP contribution in [0.2, 0.25) is 0 Å². The minimum Gasteiger partial charge on any atom is -0.387 e. The molecule has 0 bridgehead atoms. The molecule has 0 spiro atoms. The van der Waals surface area contributed by atoms with Crippen LogP contribution < -0.4 is 10.4 Å². The molecule has 0 aliphatic carbocycles. The van der Waals surface area contributed by atoms with Crippen molar-refractivity contribution in [3.63, 3.8) is 0 Å². The molecule has 2 unspecified atom stereocenters. The standard InChI is InChI=1S/C27H36O2Si/c1-9-11-24-17-28-30(29-25(24)12-10-2,26-20(5)13-18(3)14-21(26)6)27-22(7)15-19(4)16-23(27)8/h9-16,24-25H,17H2,1-8H3/b11-9+,12-10-. The summed E-state index contributed by atoms with van der Waals surface area (Å²) in [7, 11) is -2.92. The van der Waals surface area contributed by atoms with Gasteiger partial charge in [0.05, 0.1) is 6.10 Å². The fourth-order valence-electron chi connectivity index (χ4n) is 5.19. The molecule has 3 heteroatoms. The van der Waals surface area contributed by atoms with E-state index in [4.69, 9.17) is 8.85 Å². The molecule has 2 atom stereocenters. The van der Waals surface area contributed by atoms with Crippen LogP contribution in [0.1, 0.15) is 47.2 Å². The van der Waals surface area contributed by atoms with Crippen LogP contribution in [0.3, 0.4) is 0 Å². The zero-order valence-electron chi connectivity index (χ0n) is 19.8. The molecule has 30 heavy (non-hydrogen) atoms. The van der Waals surface area contributed by atoms with Gasteiger partial charge in [0.1, 0.15) is 0 Å². The molecule has 0 radical (unpaired) electrons. The van der Waals surface area contributed by atoms with E-state index in [9.17, 15) is 0 Å². The minimum atomic E-state index is -2.92. The van der Waals surface area contributed by atoms with Crippen LogP contribution >= 0.6 is 0 Å². The maximum absolute atomic E-state index is 7.13. The van der Waals surface area contributed by atoms with E-state index in [0.717, 1.165) is 0 Å². The predicted molar refractivity (Wildman–Crippen MR) is 130 cm³/mol. The highest BCUT2D eigenvalue weighted by Crippen LogP contribution is 2.30. The van der Waals surface area contributed by atoms with Gasteiger partial charge in [0.15, 0.2) is 0 Å². The number of aryl methyl sites for hydroxylation is 6. The van der Waals surface area contributed by atoms with Gasteiger partial charge in [-0.25, -0.2) is 0 Å². The Balaban J connectivity index is 2.32. The van der Waals surface area contributed by atoms with Gasteiger partial charge in [-0.15, -0.1) is 0 Å². The lowest BCUT2D eigenvalue weighted by atomic mass is 10.0. The molecule has 0 N–H and O–H groups in total. The lowest BCUT2D eigenvalue weighted by molar-refractivity contribution is 0.0543. The second-order valence-corrected chi connectivity index (χ2v) is 11.5. The van der Waals surface area contributed by atoms with E-state index >= 15 is 0 Å². The van der Waals surface area contributed by atoms with Crippen molar-refractivity contribution in [2.75, 3.05) is 6.61 Å². The van der Waals surface area contributed by atoms with Crippen LogP contribution in [0.25, 0.3) is 0 Å². The van der Waals surface area contributed by atoms with Crippen LogP contribution in [0, 0.1) is 47.5 Å². The first-order valence-corrected chi connectivity index (χ1v) is 12.8. The van der Waals surface area contributed by atoms with Gasteiger partial charge in [0, 0.05) is 22.9 Å².